The fourth-order valence-corrected chi connectivity index (χ4v) is 7.05. The van der Waals surface area contributed by atoms with E-state index in [1.54, 1.807) is 12.1 Å². The zero-order valence-electron chi connectivity index (χ0n) is 36.3. The summed E-state index contributed by atoms with van der Waals surface area (Å²) in [6.45, 7) is 0. The minimum Gasteiger partial charge on any atom is -0.456 e. The molecule has 0 spiro atoms. The van der Waals surface area contributed by atoms with Crippen LogP contribution in [0.2, 0.25) is 0 Å². The molecule has 0 radical (unpaired) electrons. The van der Waals surface area contributed by atoms with E-state index in [2.05, 4.69) is 49.9 Å². The molecule has 4 heterocycles. The van der Waals surface area contributed by atoms with E-state index in [9.17, 15) is 0 Å². The topological polar surface area (TPSA) is 69.9 Å². The van der Waals surface area contributed by atoms with Crippen LogP contribution in [0.15, 0.2) is 166 Å². The fraction of sp³-hybridized carbons (Fsp3) is 0. The van der Waals surface area contributed by atoms with Crippen LogP contribution < -0.4 is 0 Å². The number of para-hydroxylation sites is 2. The lowest BCUT2D eigenvalue weighted by Gasteiger charge is -2.08. The standard InChI is InChI=1S/C45H26N4O2/c1-3-11-27(12-4-1)43-46-44(28-13-5-2-6-14-28)48-45(47-43)29-19-21-31-34-26-30(20-23-38(34)51-40(31)25-29)49-35-17-9-7-15-32(35)41-36(49)22-24-39-42(41)33-16-8-10-18-37(33)50-39/h1-26H/i1D,2D,3D,4D,5D,6D,11D,12D,13D,14D. The van der Waals surface area contributed by atoms with Gasteiger partial charge in [-0.25, -0.2) is 15.0 Å². The number of hydrogen-bond donors (Lipinski definition) is 0. The van der Waals surface area contributed by atoms with Gasteiger partial charge in [0, 0.05) is 54.7 Å². The molecule has 0 amide bonds. The number of rotatable bonds is 4. The van der Waals surface area contributed by atoms with E-state index in [1.165, 1.54) is 0 Å². The maximum Gasteiger partial charge on any atom is 0.164 e. The number of furan rings is 2. The van der Waals surface area contributed by atoms with Crippen LogP contribution in [0.3, 0.4) is 0 Å². The zero-order chi connectivity index (χ0) is 42.2. The van der Waals surface area contributed by atoms with E-state index in [-0.39, 0.29) is 28.6 Å². The average Bonchev–Trinajstić information content (AvgIpc) is 3.95. The van der Waals surface area contributed by atoms with E-state index in [1.807, 2.05) is 54.6 Å². The van der Waals surface area contributed by atoms with Gasteiger partial charge in [-0.15, -0.1) is 0 Å². The molecule has 11 aromatic rings. The van der Waals surface area contributed by atoms with Crippen molar-refractivity contribution >= 4 is 65.7 Å². The second-order valence-electron chi connectivity index (χ2n) is 12.1. The van der Waals surface area contributed by atoms with Crippen LogP contribution >= 0.6 is 0 Å². The van der Waals surface area contributed by atoms with Crippen LogP contribution in [-0.4, -0.2) is 19.5 Å². The number of fused-ring (bicyclic) bond motifs is 10. The maximum atomic E-state index is 8.64. The van der Waals surface area contributed by atoms with Crippen molar-refractivity contribution in [2.24, 2.45) is 0 Å². The first-order chi connectivity index (χ1) is 29.4. The first-order valence-corrected chi connectivity index (χ1v) is 16.1. The van der Waals surface area contributed by atoms with Crippen LogP contribution in [-0.2, 0) is 0 Å². The van der Waals surface area contributed by atoms with Crippen molar-refractivity contribution in [1.82, 2.24) is 19.5 Å². The van der Waals surface area contributed by atoms with Gasteiger partial charge in [0.15, 0.2) is 17.5 Å². The molecule has 7 aromatic carbocycles. The van der Waals surface area contributed by atoms with Gasteiger partial charge in [0.1, 0.15) is 22.3 Å². The minimum atomic E-state index is -0.616. The Morgan fingerprint density at radius 3 is 1.82 bits per heavy atom. The number of benzene rings is 7. The smallest absolute Gasteiger partial charge is 0.164 e. The second-order valence-corrected chi connectivity index (χ2v) is 12.1. The summed E-state index contributed by atoms with van der Waals surface area (Å²) < 4.78 is 98.8. The largest absolute Gasteiger partial charge is 0.456 e. The molecular weight excluding hydrogens is 629 g/mol. The summed E-state index contributed by atoms with van der Waals surface area (Å²) in [6, 6.07) is 25.6. The van der Waals surface area contributed by atoms with E-state index >= 15 is 0 Å². The van der Waals surface area contributed by atoms with Gasteiger partial charge in [-0.3, -0.25) is 0 Å². The van der Waals surface area contributed by atoms with E-state index < -0.39 is 60.4 Å². The Morgan fingerprint density at radius 1 is 0.431 bits per heavy atom. The number of aromatic nitrogens is 4. The van der Waals surface area contributed by atoms with Crippen LogP contribution in [0.25, 0.3) is 106 Å². The fourth-order valence-electron chi connectivity index (χ4n) is 7.05. The SMILES string of the molecule is [2H]c1c([2H])c([2H])c(-c2nc(-c3ccc4c(c3)oc3ccc(-n5c6ccccc6c6c7c(ccc65)oc5ccccc57)cc34)nc(-c3c([2H])c([2H])c([2H])c([2H])c3[2H])n2)c([2H])c1[2H]. The van der Waals surface area contributed by atoms with Crippen LogP contribution in [0, 0.1) is 0 Å². The van der Waals surface area contributed by atoms with Gasteiger partial charge in [-0.1, -0.05) is 103 Å². The van der Waals surface area contributed by atoms with Gasteiger partial charge in [0.25, 0.3) is 0 Å². The minimum absolute atomic E-state index is 0.0509. The quantitative estimate of drug-likeness (QED) is 0.187. The monoisotopic (exact) mass is 664 g/mol. The van der Waals surface area contributed by atoms with Gasteiger partial charge >= 0.3 is 0 Å². The van der Waals surface area contributed by atoms with Gasteiger partial charge in [-0.2, -0.15) is 0 Å². The predicted molar refractivity (Wildman–Crippen MR) is 205 cm³/mol. The third-order valence-corrected chi connectivity index (χ3v) is 9.23. The molecule has 0 saturated carbocycles. The van der Waals surface area contributed by atoms with Crippen molar-refractivity contribution in [3.8, 4) is 39.9 Å². The summed E-state index contributed by atoms with van der Waals surface area (Å²) in [6.07, 6.45) is 0. The highest BCUT2D eigenvalue weighted by molar-refractivity contribution is 6.27. The zero-order valence-corrected chi connectivity index (χ0v) is 26.3. The summed E-state index contributed by atoms with van der Waals surface area (Å²) in [7, 11) is 0. The summed E-state index contributed by atoms with van der Waals surface area (Å²) in [5.74, 6) is -0.736. The predicted octanol–water partition coefficient (Wildman–Crippen LogP) is 11.8. The summed E-state index contributed by atoms with van der Waals surface area (Å²) in [5.41, 5.74) is 5.32. The molecule has 6 nitrogen and oxygen atoms in total. The first-order valence-electron chi connectivity index (χ1n) is 21.1. The molecule has 0 saturated heterocycles. The normalized spacial score (nSPS) is 14.7. The Labute approximate surface area is 304 Å². The van der Waals surface area contributed by atoms with Gasteiger partial charge in [0.05, 0.1) is 24.7 Å². The third-order valence-electron chi connectivity index (χ3n) is 9.23. The summed E-state index contributed by atoms with van der Waals surface area (Å²) in [4.78, 5) is 13.5. The lowest BCUT2D eigenvalue weighted by molar-refractivity contribution is 0.668. The lowest BCUT2D eigenvalue weighted by atomic mass is 10.1. The Kier molecular flexibility index (Phi) is 4.17. The summed E-state index contributed by atoms with van der Waals surface area (Å²) >= 11 is 0. The Bertz CT molecular complexity index is 3600. The van der Waals surface area contributed by atoms with Crippen LogP contribution in [0.1, 0.15) is 13.7 Å². The molecule has 238 valence electrons. The van der Waals surface area contributed by atoms with E-state index in [4.69, 9.17) is 22.5 Å². The molecule has 0 N–H and O–H groups in total. The van der Waals surface area contributed by atoms with Crippen molar-refractivity contribution in [2.45, 2.75) is 0 Å². The Morgan fingerprint density at radius 2 is 1.06 bits per heavy atom. The number of hydrogen-bond acceptors (Lipinski definition) is 5. The van der Waals surface area contributed by atoms with Gasteiger partial charge in [0.2, 0.25) is 0 Å². The summed E-state index contributed by atoms with van der Waals surface area (Å²) in [5, 5.41) is 5.86. The number of nitrogens with zero attached hydrogens (tertiary/aromatic N) is 4. The van der Waals surface area contributed by atoms with E-state index in [0.717, 1.165) is 60.2 Å². The van der Waals surface area contributed by atoms with Crippen molar-refractivity contribution in [3.63, 3.8) is 0 Å². The highest BCUT2D eigenvalue weighted by Gasteiger charge is 2.20. The molecule has 51 heavy (non-hydrogen) atoms. The highest BCUT2D eigenvalue weighted by atomic mass is 16.3. The van der Waals surface area contributed by atoms with Crippen molar-refractivity contribution in [1.29, 1.82) is 0 Å². The molecule has 0 atom stereocenters. The molecule has 0 bridgehead atoms. The Hall–Kier alpha value is -7.05. The molecule has 6 heteroatoms. The molecular formula is C45H26N4O2. The Balaban J connectivity index is 1.11. The molecule has 4 aromatic heterocycles. The second kappa shape index (κ2) is 10.7. The first kappa shape index (κ1) is 19.8. The highest BCUT2D eigenvalue weighted by Crippen LogP contribution is 2.42. The molecule has 0 unspecified atom stereocenters. The maximum absolute atomic E-state index is 8.64. The molecule has 0 fully saturated rings. The van der Waals surface area contributed by atoms with Crippen LogP contribution in [0.5, 0.6) is 0 Å². The van der Waals surface area contributed by atoms with Crippen molar-refractivity contribution in [3.05, 3.63) is 157 Å². The van der Waals surface area contributed by atoms with Crippen molar-refractivity contribution < 1.29 is 22.5 Å². The molecule has 0 aliphatic heterocycles. The molecule has 0 aliphatic rings. The molecule has 11 rings (SSSR count). The van der Waals surface area contributed by atoms with Gasteiger partial charge in [-0.05, 0) is 54.6 Å². The average molecular weight is 665 g/mol. The van der Waals surface area contributed by atoms with Gasteiger partial charge < -0.3 is 13.4 Å². The third kappa shape index (κ3) is 4.26. The van der Waals surface area contributed by atoms with Crippen LogP contribution in [0.4, 0.5) is 0 Å². The lowest BCUT2D eigenvalue weighted by Crippen LogP contribution is -2.00. The van der Waals surface area contributed by atoms with E-state index in [0.29, 0.717) is 16.7 Å². The molecule has 0 aliphatic carbocycles. The van der Waals surface area contributed by atoms with Crippen molar-refractivity contribution in [2.75, 3.05) is 0 Å².